The number of nitrogens with two attached hydrogens (primary N) is 1. The van der Waals surface area contributed by atoms with E-state index in [1.165, 1.54) is 16.2 Å². The highest BCUT2D eigenvalue weighted by Crippen LogP contribution is 2.39. The van der Waals surface area contributed by atoms with E-state index in [4.69, 9.17) is 24.9 Å². The molecule has 3 aromatic heterocycles. The zero-order valence-electron chi connectivity index (χ0n) is 18.6. The molecule has 34 heavy (non-hydrogen) atoms. The van der Waals surface area contributed by atoms with Gasteiger partial charge in [0.1, 0.15) is 22.2 Å². The Kier molecular flexibility index (Phi) is 4.95. The molecule has 3 N–H and O–H groups in total. The summed E-state index contributed by atoms with van der Waals surface area (Å²) < 4.78 is 11.7. The summed E-state index contributed by atoms with van der Waals surface area (Å²) in [5, 5.41) is 1.45. The Morgan fingerprint density at radius 1 is 1.18 bits per heavy atom. The Balaban J connectivity index is 1.64. The predicted octanol–water partition coefficient (Wildman–Crippen LogP) is 5.26. The summed E-state index contributed by atoms with van der Waals surface area (Å²) >= 11 is 1.53. The molecule has 0 bridgehead atoms. The number of amides is 1. The van der Waals surface area contributed by atoms with Crippen LogP contribution >= 0.6 is 11.3 Å². The molecule has 0 unspecified atom stereocenters. The van der Waals surface area contributed by atoms with Gasteiger partial charge in [-0.3, -0.25) is 4.79 Å². The molecule has 7 nitrogen and oxygen atoms in total. The van der Waals surface area contributed by atoms with Crippen LogP contribution in [0.1, 0.15) is 33.6 Å². The third-order valence-corrected chi connectivity index (χ3v) is 7.39. The number of carbonyl (C=O) groups excluding carboxylic acids is 1. The molecule has 6 rings (SSSR count). The van der Waals surface area contributed by atoms with Crippen molar-refractivity contribution in [3.63, 3.8) is 0 Å². The summed E-state index contributed by atoms with van der Waals surface area (Å²) in [6.07, 6.45) is 3.96. The largest absolute Gasteiger partial charge is 0.497 e. The van der Waals surface area contributed by atoms with Gasteiger partial charge in [0, 0.05) is 10.3 Å². The number of nitrogens with one attached hydrogen (secondary N) is 1. The number of aromatic amines is 1. The summed E-state index contributed by atoms with van der Waals surface area (Å²) in [6.45, 7) is 0. The van der Waals surface area contributed by atoms with Crippen LogP contribution in [0.2, 0.25) is 0 Å². The molecule has 0 saturated heterocycles. The van der Waals surface area contributed by atoms with Crippen LogP contribution in [0.25, 0.3) is 33.4 Å². The molecule has 0 aliphatic heterocycles. The monoisotopic (exact) mass is 470 g/mol. The topological polar surface area (TPSA) is 106 Å². The third-order valence-electron chi connectivity index (χ3n) is 6.20. The van der Waals surface area contributed by atoms with Crippen LogP contribution in [0.15, 0.2) is 57.9 Å². The van der Waals surface area contributed by atoms with Gasteiger partial charge in [-0.2, -0.15) is 0 Å². The van der Waals surface area contributed by atoms with Crippen molar-refractivity contribution >= 4 is 44.2 Å². The number of ether oxygens (including phenoxy) is 1. The van der Waals surface area contributed by atoms with Crippen LogP contribution in [0, 0.1) is 0 Å². The van der Waals surface area contributed by atoms with E-state index in [1.54, 1.807) is 7.11 Å². The van der Waals surface area contributed by atoms with Crippen molar-refractivity contribution in [2.24, 2.45) is 10.7 Å². The number of primary amides is 1. The Hall–Kier alpha value is -3.91. The van der Waals surface area contributed by atoms with Gasteiger partial charge in [-0.1, -0.05) is 12.1 Å². The quantitative estimate of drug-likeness (QED) is 0.374. The number of para-hydroxylation sites is 2. The van der Waals surface area contributed by atoms with Crippen molar-refractivity contribution in [1.29, 1.82) is 0 Å². The number of methoxy groups -OCH3 is 1. The molecule has 1 aliphatic rings. The SMILES string of the molecule is COc1ccc2oc(=Nc3sc4c(c3C(N)=O)CCCC4)c(-c3nc4ccccc4[nH]3)cc2c1. The number of imidazole rings is 1. The van der Waals surface area contributed by atoms with Crippen molar-refractivity contribution in [3.05, 3.63) is 70.1 Å². The standard InChI is InChI=1S/C26H22N4O3S/c1-32-15-10-11-20-14(12-15)13-17(24-28-18-7-3-4-8-19(18)29-24)25(33-20)30-26-22(23(27)31)16-6-2-5-9-21(16)34-26/h3-4,7-8,10-13H,2,5-6,9H2,1H3,(H2,27,31)(H,28,29). The smallest absolute Gasteiger partial charge is 0.252 e. The molecule has 5 aromatic rings. The van der Waals surface area contributed by atoms with Crippen molar-refractivity contribution in [2.45, 2.75) is 25.7 Å². The lowest BCUT2D eigenvalue weighted by Crippen LogP contribution is -2.15. The lowest BCUT2D eigenvalue weighted by atomic mass is 9.95. The minimum Gasteiger partial charge on any atom is -0.497 e. The number of aryl methyl sites for hydroxylation is 1. The first-order valence-corrected chi connectivity index (χ1v) is 12.0. The van der Waals surface area contributed by atoms with Crippen LogP contribution in [-0.2, 0) is 12.8 Å². The minimum atomic E-state index is -0.450. The number of rotatable bonds is 4. The summed E-state index contributed by atoms with van der Waals surface area (Å²) in [4.78, 5) is 26.6. The highest BCUT2D eigenvalue weighted by atomic mass is 32.1. The fraction of sp³-hybridized carbons (Fsp3) is 0.192. The van der Waals surface area contributed by atoms with Crippen LogP contribution < -0.4 is 16.0 Å². The van der Waals surface area contributed by atoms with Crippen molar-refractivity contribution in [2.75, 3.05) is 7.11 Å². The number of thiophene rings is 1. The van der Waals surface area contributed by atoms with Gasteiger partial charge >= 0.3 is 0 Å². The third kappa shape index (κ3) is 3.47. The highest BCUT2D eigenvalue weighted by Gasteiger charge is 2.24. The molecule has 170 valence electrons. The van der Waals surface area contributed by atoms with E-state index in [0.29, 0.717) is 33.1 Å². The maximum Gasteiger partial charge on any atom is 0.252 e. The molecule has 0 radical (unpaired) electrons. The maximum atomic E-state index is 12.4. The molecular weight excluding hydrogens is 448 g/mol. The molecule has 0 atom stereocenters. The fourth-order valence-corrected chi connectivity index (χ4v) is 5.81. The van der Waals surface area contributed by atoms with E-state index in [9.17, 15) is 4.79 Å². The lowest BCUT2D eigenvalue weighted by Gasteiger charge is -2.10. The number of aromatic nitrogens is 2. The Labute approximate surface area is 198 Å². The first kappa shape index (κ1) is 20.7. The summed E-state index contributed by atoms with van der Waals surface area (Å²) in [5.41, 5.74) is 10.8. The number of nitrogens with zero attached hydrogens (tertiary/aromatic N) is 2. The first-order chi connectivity index (χ1) is 16.6. The lowest BCUT2D eigenvalue weighted by molar-refractivity contribution is 0.1000. The number of carbonyl (C=O) groups is 1. The van der Waals surface area contributed by atoms with Gasteiger partial charge in [0.05, 0.1) is 29.3 Å². The van der Waals surface area contributed by atoms with Gasteiger partial charge in [-0.15, -0.1) is 11.3 Å². The normalized spacial score (nSPS) is 14.0. The minimum absolute atomic E-state index is 0.373. The molecule has 0 saturated carbocycles. The van der Waals surface area contributed by atoms with E-state index in [1.807, 2.05) is 48.5 Å². The van der Waals surface area contributed by atoms with Gasteiger partial charge in [0.25, 0.3) is 5.91 Å². The average molecular weight is 471 g/mol. The molecule has 0 spiro atoms. The van der Waals surface area contributed by atoms with Gasteiger partial charge in [-0.05, 0) is 67.6 Å². The van der Waals surface area contributed by atoms with Crippen LogP contribution in [0.3, 0.4) is 0 Å². The molecular formula is C26H22N4O3S. The van der Waals surface area contributed by atoms with Crippen molar-refractivity contribution in [3.8, 4) is 17.1 Å². The Morgan fingerprint density at radius 3 is 2.85 bits per heavy atom. The van der Waals surface area contributed by atoms with Gasteiger partial charge in [0.15, 0.2) is 0 Å². The van der Waals surface area contributed by atoms with Crippen molar-refractivity contribution in [1.82, 2.24) is 9.97 Å². The maximum absolute atomic E-state index is 12.4. The number of hydrogen-bond acceptors (Lipinski definition) is 6. The van der Waals surface area contributed by atoms with Crippen LogP contribution in [0.5, 0.6) is 5.75 Å². The van der Waals surface area contributed by atoms with E-state index in [0.717, 1.165) is 53.4 Å². The highest BCUT2D eigenvalue weighted by molar-refractivity contribution is 7.16. The second-order valence-electron chi connectivity index (χ2n) is 8.34. The summed E-state index contributed by atoms with van der Waals surface area (Å²) in [5.74, 6) is 0.911. The number of hydrogen-bond donors (Lipinski definition) is 2. The second kappa shape index (κ2) is 8.14. The second-order valence-corrected chi connectivity index (χ2v) is 9.42. The van der Waals surface area contributed by atoms with E-state index < -0.39 is 5.91 Å². The zero-order chi connectivity index (χ0) is 23.2. The molecule has 1 aliphatic carbocycles. The number of benzene rings is 2. The predicted molar refractivity (Wildman–Crippen MR) is 133 cm³/mol. The molecule has 1 amide bonds. The molecule has 0 fully saturated rings. The molecule has 8 heteroatoms. The molecule has 3 heterocycles. The first-order valence-electron chi connectivity index (χ1n) is 11.2. The Bertz CT molecular complexity index is 1610. The molecule has 2 aromatic carbocycles. The Morgan fingerprint density at radius 2 is 2.03 bits per heavy atom. The van der Waals surface area contributed by atoms with Gasteiger partial charge in [0.2, 0.25) is 5.55 Å². The van der Waals surface area contributed by atoms with Crippen molar-refractivity contribution < 1.29 is 13.9 Å². The number of H-pyrrole nitrogens is 1. The average Bonchev–Trinajstić information content (AvgIpc) is 3.44. The van der Waals surface area contributed by atoms with Gasteiger partial charge < -0.3 is 19.9 Å². The van der Waals surface area contributed by atoms with Crippen LogP contribution in [-0.4, -0.2) is 23.0 Å². The zero-order valence-corrected chi connectivity index (χ0v) is 19.4. The van der Waals surface area contributed by atoms with Gasteiger partial charge in [-0.25, -0.2) is 9.98 Å². The van der Waals surface area contributed by atoms with E-state index in [2.05, 4.69) is 4.98 Å². The fourth-order valence-electron chi connectivity index (χ4n) is 4.55. The van der Waals surface area contributed by atoms with E-state index >= 15 is 0 Å². The summed E-state index contributed by atoms with van der Waals surface area (Å²) in [6, 6.07) is 15.4. The summed E-state index contributed by atoms with van der Waals surface area (Å²) in [7, 11) is 1.63. The van der Waals surface area contributed by atoms with Crippen LogP contribution in [0.4, 0.5) is 5.00 Å². The number of fused-ring (bicyclic) bond motifs is 3. The van der Waals surface area contributed by atoms with E-state index in [-0.39, 0.29) is 0 Å².